The summed E-state index contributed by atoms with van der Waals surface area (Å²) < 4.78 is 14.4. The first-order valence-electron chi connectivity index (χ1n) is 6.20. The number of hydrogen-bond donors (Lipinski definition) is 1. The molecule has 0 bridgehead atoms. The summed E-state index contributed by atoms with van der Waals surface area (Å²) in [4.78, 5) is 5.58. The number of halogens is 2. The van der Waals surface area contributed by atoms with Crippen molar-refractivity contribution in [3.63, 3.8) is 0 Å². The molecule has 1 aliphatic rings. The number of benzene rings is 1. The summed E-state index contributed by atoms with van der Waals surface area (Å²) in [5, 5.41) is 1.06. The topological polar surface area (TPSA) is 19.0 Å². The average molecular weight is 358 g/mol. The van der Waals surface area contributed by atoms with E-state index >= 15 is 0 Å². The van der Waals surface area contributed by atoms with Crippen LogP contribution in [0.15, 0.2) is 24.4 Å². The molecule has 2 nitrogen and oxygen atoms in total. The molecule has 1 aromatic heterocycles. The maximum atomic E-state index is 13.3. The summed E-state index contributed by atoms with van der Waals surface area (Å²) in [6.07, 6.45) is 3.28. The molecule has 1 fully saturated rings. The highest BCUT2D eigenvalue weighted by atomic mass is 127. The zero-order chi connectivity index (χ0) is 12.7. The van der Waals surface area contributed by atoms with E-state index in [0.717, 1.165) is 27.9 Å². The van der Waals surface area contributed by atoms with E-state index in [2.05, 4.69) is 45.7 Å². The van der Waals surface area contributed by atoms with Gasteiger partial charge in [0.05, 0.1) is 4.55 Å². The summed E-state index contributed by atoms with van der Waals surface area (Å²) in [6.45, 7) is 1.13. The van der Waals surface area contributed by atoms with Crippen LogP contribution in [0, 0.1) is 11.7 Å². The number of rotatable bonds is 4. The number of fused-ring (bicyclic) bond motifs is 1. The first-order valence-corrected chi connectivity index (χ1v) is 7.72. The van der Waals surface area contributed by atoms with Crippen LogP contribution in [0.1, 0.15) is 17.9 Å². The Morgan fingerprint density at radius 1 is 1.50 bits per heavy atom. The van der Waals surface area contributed by atoms with Gasteiger partial charge >= 0.3 is 0 Å². The minimum absolute atomic E-state index is 0.148. The van der Waals surface area contributed by atoms with Crippen molar-refractivity contribution >= 4 is 33.5 Å². The third-order valence-electron chi connectivity index (χ3n) is 3.75. The van der Waals surface area contributed by atoms with Crippen LogP contribution in [-0.2, 0) is 0 Å². The standard InChI is InChI=1S/C14H16FIN2/c1-18(8-16)7-9-4-11(9)13-6-17-14-3-2-10(15)5-12(13)14/h2-3,5-6,9,11,17H,4,7-8H2,1H3. The molecule has 18 heavy (non-hydrogen) atoms. The van der Waals surface area contributed by atoms with Gasteiger partial charge in [-0.1, -0.05) is 22.6 Å². The monoisotopic (exact) mass is 358 g/mol. The zero-order valence-corrected chi connectivity index (χ0v) is 12.4. The maximum Gasteiger partial charge on any atom is 0.123 e. The Morgan fingerprint density at radius 3 is 3.11 bits per heavy atom. The van der Waals surface area contributed by atoms with E-state index in [1.807, 2.05) is 6.07 Å². The molecule has 2 atom stereocenters. The summed E-state index contributed by atoms with van der Waals surface area (Å²) in [5.41, 5.74) is 2.33. The number of nitrogens with zero attached hydrogens (tertiary/aromatic N) is 1. The van der Waals surface area contributed by atoms with Gasteiger partial charge < -0.3 is 4.98 Å². The van der Waals surface area contributed by atoms with E-state index in [1.165, 1.54) is 18.1 Å². The van der Waals surface area contributed by atoms with Crippen LogP contribution >= 0.6 is 22.6 Å². The van der Waals surface area contributed by atoms with Crippen molar-refractivity contribution in [2.45, 2.75) is 12.3 Å². The second-order valence-electron chi connectivity index (χ2n) is 5.19. The Kier molecular flexibility index (Phi) is 3.32. The fraction of sp³-hybridized carbons (Fsp3) is 0.429. The molecule has 4 heteroatoms. The summed E-state index contributed by atoms with van der Waals surface area (Å²) >= 11 is 2.38. The number of hydrogen-bond acceptors (Lipinski definition) is 1. The minimum atomic E-state index is -0.148. The van der Waals surface area contributed by atoms with Gasteiger partial charge in [-0.2, -0.15) is 0 Å². The van der Waals surface area contributed by atoms with Gasteiger partial charge in [-0.3, -0.25) is 4.90 Å². The fourth-order valence-electron chi connectivity index (χ4n) is 2.70. The molecule has 0 amide bonds. The minimum Gasteiger partial charge on any atom is -0.361 e. The Morgan fingerprint density at radius 2 is 2.33 bits per heavy atom. The second kappa shape index (κ2) is 4.81. The van der Waals surface area contributed by atoms with E-state index < -0.39 is 0 Å². The third-order valence-corrected chi connectivity index (χ3v) is 4.91. The molecule has 1 aromatic carbocycles. The van der Waals surface area contributed by atoms with E-state index in [-0.39, 0.29) is 5.82 Å². The van der Waals surface area contributed by atoms with Gasteiger partial charge in [0.25, 0.3) is 0 Å². The molecular formula is C14H16FIN2. The molecule has 96 valence electrons. The lowest BCUT2D eigenvalue weighted by molar-refractivity contribution is 0.379. The number of aromatic nitrogens is 1. The van der Waals surface area contributed by atoms with Gasteiger partial charge in [-0.25, -0.2) is 4.39 Å². The van der Waals surface area contributed by atoms with Crippen LogP contribution in [0.3, 0.4) is 0 Å². The molecular weight excluding hydrogens is 342 g/mol. The van der Waals surface area contributed by atoms with Crippen LogP contribution in [0.2, 0.25) is 0 Å². The molecule has 1 aliphatic carbocycles. The maximum absolute atomic E-state index is 13.3. The fourth-order valence-corrected chi connectivity index (χ4v) is 2.98. The van der Waals surface area contributed by atoms with Crippen LogP contribution < -0.4 is 0 Å². The summed E-state index contributed by atoms with van der Waals surface area (Å²) in [7, 11) is 2.15. The zero-order valence-electron chi connectivity index (χ0n) is 10.3. The third kappa shape index (κ3) is 2.28. The lowest BCUT2D eigenvalue weighted by atomic mass is 10.1. The number of aromatic amines is 1. The molecule has 0 saturated heterocycles. The molecule has 3 rings (SSSR count). The Bertz CT molecular complexity index is 566. The SMILES string of the molecule is CN(CI)CC1CC1c1c[nH]c2ccc(F)cc12. The van der Waals surface area contributed by atoms with Crippen LogP contribution in [0.5, 0.6) is 0 Å². The smallest absolute Gasteiger partial charge is 0.123 e. The lowest BCUT2D eigenvalue weighted by Gasteiger charge is -2.11. The molecule has 0 aliphatic heterocycles. The van der Waals surface area contributed by atoms with Crippen LogP contribution in [-0.4, -0.2) is 28.0 Å². The van der Waals surface area contributed by atoms with Crippen molar-refractivity contribution in [2.75, 3.05) is 18.1 Å². The summed E-state index contributed by atoms with van der Waals surface area (Å²) in [6, 6.07) is 4.98. The van der Waals surface area contributed by atoms with Gasteiger partial charge in [-0.05, 0) is 49.1 Å². The van der Waals surface area contributed by atoms with Crippen molar-refractivity contribution in [3.8, 4) is 0 Å². The van der Waals surface area contributed by atoms with Crippen LogP contribution in [0.25, 0.3) is 10.9 Å². The molecule has 1 heterocycles. The predicted octanol–water partition coefficient (Wildman–Crippen LogP) is 3.73. The normalized spacial score (nSPS) is 22.9. The largest absolute Gasteiger partial charge is 0.361 e. The molecule has 2 unspecified atom stereocenters. The van der Waals surface area contributed by atoms with Crippen molar-refractivity contribution in [1.82, 2.24) is 9.88 Å². The molecule has 1 N–H and O–H groups in total. The van der Waals surface area contributed by atoms with Gasteiger partial charge in [0, 0.05) is 23.6 Å². The van der Waals surface area contributed by atoms with Crippen molar-refractivity contribution in [1.29, 1.82) is 0 Å². The van der Waals surface area contributed by atoms with Crippen molar-refractivity contribution in [3.05, 3.63) is 35.8 Å². The average Bonchev–Trinajstić information content (AvgIpc) is 2.99. The molecule has 1 saturated carbocycles. The van der Waals surface area contributed by atoms with Gasteiger partial charge in [0.2, 0.25) is 0 Å². The highest BCUT2D eigenvalue weighted by Gasteiger charge is 2.39. The first-order chi connectivity index (χ1) is 8.69. The second-order valence-corrected chi connectivity index (χ2v) is 5.88. The summed E-state index contributed by atoms with van der Waals surface area (Å²) in [5.74, 6) is 1.18. The number of nitrogens with one attached hydrogen (secondary N) is 1. The predicted molar refractivity (Wildman–Crippen MR) is 80.6 cm³/mol. The van der Waals surface area contributed by atoms with E-state index in [1.54, 1.807) is 6.07 Å². The Labute approximate surface area is 120 Å². The van der Waals surface area contributed by atoms with Crippen molar-refractivity contribution < 1.29 is 4.39 Å². The van der Waals surface area contributed by atoms with Crippen molar-refractivity contribution in [2.24, 2.45) is 5.92 Å². The first kappa shape index (κ1) is 12.4. The van der Waals surface area contributed by atoms with Crippen LogP contribution in [0.4, 0.5) is 4.39 Å². The Hall–Kier alpha value is -0.620. The quantitative estimate of drug-likeness (QED) is 0.501. The number of H-pyrrole nitrogens is 1. The van der Waals surface area contributed by atoms with E-state index in [0.29, 0.717) is 5.92 Å². The van der Waals surface area contributed by atoms with Gasteiger partial charge in [0.15, 0.2) is 0 Å². The van der Waals surface area contributed by atoms with Gasteiger partial charge in [-0.15, -0.1) is 0 Å². The van der Waals surface area contributed by atoms with E-state index in [4.69, 9.17) is 0 Å². The molecule has 0 spiro atoms. The lowest BCUT2D eigenvalue weighted by Crippen LogP contribution is -2.19. The highest BCUT2D eigenvalue weighted by molar-refractivity contribution is 14.1. The molecule has 0 radical (unpaired) electrons. The highest BCUT2D eigenvalue weighted by Crippen LogP contribution is 2.49. The van der Waals surface area contributed by atoms with Gasteiger partial charge in [0.1, 0.15) is 5.82 Å². The number of alkyl halides is 1. The van der Waals surface area contributed by atoms with E-state index in [9.17, 15) is 4.39 Å². The molecule has 2 aromatic rings. The Balaban J connectivity index is 1.82.